The third-order valence-corrected chi connectivity index (χ3v) is 4.20. The van der Waals surface area contributed by atoms with Crippen LogP contribution in [0.2, 0.25) is 0 Å². The number of amides is 1. The lowest BCUT2D eigenvalue weighted by Crippen LogP contribution is -2.21. The minimum absolute atomic E-state index is 0.0935. The number of nitrogens with zero attached hydrogens (tertiary/aromatic N) is 3. The molecule has 4 heterocycles. The maximum atomic E-state index is 12.5. The molecule has 4 rings (SSSR count). The van der Waals surface area contributed by atoms with Gasteiger partial charge in [-0.25, -0.2) is 14.3 Å². The van der Waals surface area contributed by atoms with E-state index in [-0.39, 0.29) is 23.4 Å². The number of H-pyrrole nitrogens is 1. The number of nitrogens with one attached hydrogen (secondary N) is 1. The van der Waals surface area contributed by atoms with Crippen molar-refractivity contribution in [2.24, 2.45) is 5.73 Å². The predicted molar refractivity (Wildman–Crippen MR) is 92.8 cm³/mol. The van der Waals surface area contributed by atoms with Gasteiger partial charge in [0.2, 0.25) is 5.88 Å². The number of nitrogens with two attached hydrogens (primary N) is 1. The first kappa shape index (κ1) is 16.1. The Bertz CT molecular complexity index is 1050. The molecule has 1 aliphatic heterocycles. The van der Waals surface area contributed by atoms with Crippen molar-refractivity contribution in [3.8, 4) is 17.4 Å². The summed E-state index contributed by atoms with van der Waals surface area (Å²) in [6.07, 6.45) is 2.92. The highest BCUT2D eigenvalue weighted by atomic mass is 16.5. The summed E-state index contributed by atoms with van der Waals surface area (Å²) in [4.78, 5) is 35.4. The lowest BCUT2D eigenvalue weighted by atomic mass is 10.2. The molecule has 26 heavy (non-hydrogen) atoms. The van der Waals surface area contributed by atoms with Gasteiger partial charge in [0.15, 0.2) is 5.65 Å². The van der Waals surface area contributed by atoms with E-state index in [9.17, 15) is 9.59 Å². The van der Waals surface area contributed by atoms with E-state index in [4.69, 9.17) is 15.2 Å². The molecule has 9 nitrogen and oxygen atoms in total. The van der Waals surface area contributed by atoms with Gasteiger partial charge in [-0.2, -0.15) is 4.98 Å². The number of pyridine rings is 2. The molecule has 0 aromatic carbocycles. The maximum absolute atomic E-state index is 12.5. The van der Waals surface area contributed by atoms with E-state index in [0.29, 0.717) is 29.9 Å². The summed E-state index contributed by atoms with van der Waals surface area (Å²) in [5.41, 5.74) is 6.02. The number of aromatic amines is 1. The Morgan fingerprint density at radius 3 is 3.04 bits per heavy atom. The molecule has 3 N–H and O–H groups in total. The largest absolute Gasteiger partial charge is 0.488 e. The third-order valence-electron chi connectivity index (χ3n) is 4.20. The number of rotatable bonds is 1. The summed E-state index contributed by atoms with van der Waals surface area (Å²) in [5, 5.41) is 0. The first-order chi connectivity index (χ1) is 12.5. The van der Waals surface area contributed by atoms with Crippen molar-refractivity contribution in [1.29, 1.82) is 0 Å². The fraction of sp³-hybridized carbons (Fsp3) is 0.294. The molecule has 0 fully saturated rings. The molecule has 0 saturated carbocycles. The summed E-state index contributed by atoms with van der Waals surface area (Å²) < 4.78 is 13.0. The number of carbonyl (C=O) groups is 1. The topological polar surface area (TPSA) is 125 Å². The molecule has 1 aliphatic rings. The Morgan fingerprint density at radius 1 is 1.38 bits per heavy atom. The summed E-state index contributed by atoms with van der Waals surface area (Å²) in [5.74, 6) is 0.282. The second kappa shape index (κ2) is 6.17. The Balaban J connectivity index is 2.01. The van der Waals surface area contributed by atoms with Gasteiger partial charge in [-0.3, -0.25) is 9.78 Å². The van der Waals surface area contributed by atoms with Crippen LogP contribution in [0.15, 0.2) is 29.2 Å². The summed E-state index contributed by atoms with van der Waals surface area (Å²) in [6.45, 7) is 2.30. The van der Waals surface area contributed by atoms with E-state index >= 15 is 0 Å². The van der Waals surface area contributed by atoms with Gasteiger partial charge < -0.3 is 15.2 Å². The number of imidazole rings is 1. The third kappa shape index (κ3) is 2.67. The minimum atomic E-state index is -0.642. The number of ether oxygens (including phenoxy) is 2. The number of fused-ring (bicyclic) bond motifs is 3. The van der Waals surface area contributed by atoms with Gasteiger partial charge >= 0.3 is 5.69 Å². The Morgan fingerprint density at radius 2 is 2.23 bits per heavy atom. The zero-order valence-corrected chi connectivity index (χ0v) is 14.1. The van der Waals surface area contributed by atoms with E-state index in [2.05, 4.69) is 15.0 Å². The zero-order valence-electron chi connectivity index (χ0n) is 14.1. The quantitative estimate of drug-likeness (QED) is 0.674. The predicted octanol–water partition coefficient (Wildman–Crippen LogP) is 1.15. The molecule has 134 valence electrons. The van der Waals surface area contributed by atoms with E-state index in [0.717, 1.165) is 6.42 Å². The van der Waals surface area contributed by atoms with Crippen LogP contribution in [0.5, 0.6) is 11.6 Å². The monoisotopic (exact) mass is 355 g/mol. The normalized spacial score (nSPS) is 16.9. The van der Waals surface area contributed by atoms with Gasteiger partial charge in [-0.15, -0.1) is 0 Å². The zero-order chi connectivity index (χ0) is 18.3. The average Bonchev–Trinajstić information content (AvgIpc) is 2.94. The minimum Gasteiger partial charge on any atom is -0.488 e. The smallest absolute Gasteiger partial charge is 0.333 e. The van der Waals surface area contributed by atoms with Gasteiger partial charge in [-0.05, 0) is 31.9 Å². The molecule has 1 amide bonds. The number of aromatic nitrogens is 4. The van der Waals surface area contributed by atoms with E-state index in [1.54, 1.807) is 12.3 Å². The molecule has 0 unspecified atom stereocenters. The second-order valence-electron chi connectivity index (χ2n) is 6.08. The lowest BCUT2D eigenvalue weighted by molar-refractivity contribution is 0.0994. The Labute approximate surface area is 147 Å². The van der Waals surface area contributed by atoms with Crippen molar-refractivity contribution in [3.63, 3.8) is 0 Å². The van der Waals surface area contributed by atoms with Crippen molar-refractivity contribution in [1.82, 2.24) is 19.5 Å². The number of hydrogen-bond acceptors (Lipinski definition) is 6. The summed E-state index contributed by atoms with van der Waals surface area (Å²) in [6, 6.07) is 4.74. The fourth-order valence-corrected chi connectivity index (χ4v) is 2.98. The van der Waals surface area contributed by atoms with Gasteiger partial charge in [-0.1, -0.05) is 0 Å². The summed E-state index contributed by atoms with van der Waals surface area (Å²) in [7, 11) is 0. The van der Waals surface area contributed by atoms with Crippen LogP contribution < -0.4 is 20.9 Å². The van der Waals surface area contributed by atoms with Crippen LogP contribution in [-0.4, -0.2) is 38.1 Å². The molecule has 9 heteroatoms. The van der Waals surface area contributed by atoms with Crippen LogP contribution in [-0.2, 0) is 0 Å². The van der Waals surface area contributed by atoms with Gasteiger partial charge in [0, 0.05) is 12.3 Å². The van der Waals surface area contributed by atoms with Crippen molar-refractivity contribution in [2.75, 3.05) is 6.61 Å². The second-order valence-corrected chi connectivity index (χ2v) is 6.08. The molecule has 0 saturated heterocycles. The van der Waals surface area contributed by atoms with Crippen molar-refractivity contribution >= 4 is 17.1 Å². The standard InChI is InChI=1S/C17H17N5O4/c1-9-3-2-8-25-16-10(14(18)23)4-5-12(20-16)22-13-11(26-9)6-7-19-15(13)21-17(22)24/h4-7,9H,2-3,8H2,1H3,(H2,18,23)(H,19,21,24)/t9-/m0/s1. The maximum Gasteiger partial charge on any atom is 0.333 e. The van der Waals surface area contributed by atoms with Gasteiger partial charge in [0.1, 0.15) is 22.6 Å². The van der Waals surface area contributed by atoms with Crippen LogP contribution in [0, 0.1) is 0 Å². The van der Waals surface area contributed by atoms with E-state index in [1.165, 1.54) is 16.7 Å². The van der Waals surface area contributed by atoms with Gasteiger partial charge in [0.05, 0.1) is 12.7 Å². The van der Waals surface area contributed by atoms with Crippen LogP contribution in [0.25, 0.3) is 17.0 Å². The lowest BCUT2D eigenvalue weighted by Gasteiger charge is -2.18. The SMILES string of the molecule is C[C@H]1CCCOc2nc(ccc2C(N)=O)-n2c(=O)[nH]c3nccc(c32)O1. The average molecular weight is 355 g/mol. The highest BCUT2D eigenvalue weighted by Gasteiger charge is 2.20. The van der Waals surface area contributed by atoms with E-state index < -0.39 is 11.6 Å². The highest BCUT2D eigenvalue weighted by Crippen LogP contribution is 2.27. The van der Waals surface area contributed by atoms with Crippen LogP contribution in [0.3, 0.4) is 0 Å². The molecule has 0 spiro atoms. The highest BCUT2D eigenvalue weighted by molar-refractivity contribution is 5.95. The van der Waals surface area contributed by atoms with Crippen LogP contribution >= 0.6 is 0 Å². The number of primary amides is 1. The molecular formula is C17H17N5O4. The number of hydrogen-bond donors (Lipinski definition) is 2. The molecular weight excluding hydrogens is 338 g/mol. The Kier molecular flexibility index (Phi) is 3.83. The van der Waals surface area contributed by atoms with Crippen molar-refractivity contribution < 1.29 is 14.3 Å². The molecule has 3 aromatic heterocycles. The molecule has 0 radical (unpaired) electrons. The first-order valence-electron chi connectivity index (χ1n) is 8.25. The van der Waals surface area contributed by atoms with Crippen molar-refractivity contribution in [2.45, 2.75) is 25.9 Å². The molecule has 2 bridgehead atoms. The van der Waals surface area contributed by atoms with Gasteiger partial charge in [0.25, 0.3) is 5.91 Å². The van der Waals surface area contributed by atoms with Crippen molar-refractivity contribution in [3.05, 3.63) is 40.4 Å². The summed E-state index contributed by atoms with van der Waals surface area (Å²) >= 11 is 0. The van der Waals surface area contributed by atoms with Crippen LogP contribution in [0.4, 0.5) is 0 Å². The Hall–Kier alpha value is -3.36. The molecule has 0 aliphatic carbocycles. The fourth-order valence-electron chi connectivity index (χ4n) is 2.98. The molecule has 1 atom stereocenters. The first-order valence-corrected chi connectivity index (χ1v) is 8.25. The number of carbonyl (C=O) groups excluding carboxylic acids is 1. The van der Waals surface area contributed by atoms with Crippen LogP contribution in [0.1, 0.15) is 30.1 Å². The molecule has 3 aromatic rings. The van der Waals surface area contributed by atoms with E-state index in [1.807, 2.05) is 6.92 Å².